The van der Waals surface area contributed by atoms with Gasteiger partial charge >= 0.3 is 0 Å². The first-order valence-corrected chi connectivity index (χ1v) is 9.76. The van der Waals surface area contributed by atoms with Crippen LogP contribution in [0.25, 0.3) is 0 Å². The zero-order valence-corrected chi connectivity index (χ0v) is 16.9. The number of carbonyl (C=O) groups is 2. The number of carbonyl (C=O) groups excluding carboxylic acids is 2. The molecule has 6 heteroatoms. The van der Waals surface area contributed by atoms with E-state index in [4.69, 9.17) is 4.42 Å². The van der Waals surface area contributed by atoms with Gasteiger partial charge in [-0.2, -0.15) is 0 Å². The van der Waals surface area contributed by atoms with Crippen LogP contribution in [0.5, 0.6) is 0 Å². The molecule has 0 saturated carbocycles. The lowest BCUT2D eigenvalue weighted by Gasteiger charge is -2.22. The number of anilines is 4. The summed E-state index contributed by atoms with van der Waals surface area (Å²) in [6.07, 6.45) is 1.43. The molecule has 2 N–H and O–H groups in total. The van der Waals surface area contributed by atoms with Gasteiger partial charge in [-0.3, -0.25) is 9.59 Å². The van der Waals surface area contributed by atoms with Gasteiger partial charge in [0.25, 0.3) is 11.8 Å². The van der Waals surface area contributed by atoms with Gasteiger partial charge in [-0.15, -0.1) is 0 Å². The highest BCUT2D eigenvalue weighted by molar-refractivity contribution is 6.08. The van der Waals surface area contributed by atoms with Crippen molar-refractivity contribution in [3.63, 3.8) is 0 Å². The second-order valence-electron chi connectivity index (χ2n) is 6.88. The van der Waals surface area contributed by atoms with E-state index < -0.39 is 0 Å². The van der Waals surface area contributed by atoms with E-state index in [0.717, 1.165) is 11.4 Å². The predicted octanol–water partition coefficient (Wildman–Crippen LogP) is 5.55. The van der Waals surface area contributed by atoms with Crippen LogP contribution in [0.3, 0.4) is 0 Å². The van der Waals surface area contributed by atoms with Crippen molar-refractivity contribution in [1.82, 2.24) is 0 Å². The molecule has 0 spiro atoms. The summed E-state index contributed by atoms with van der Waals surface area (Å²) in [5, 5.41) is 5.71. The van der Waals surface area contributed by atoms with E-state index in [2.05, 4.69) is 10.6 Å². The van der Waals surface area contributed by atoms with Gasteiger partial charge in [0.1, 0.15) is 0 Å². The van der Waals surface area contributed by atoms with Gasteiger partial charge in [-0.05, 0) is 54.6 Å². The molecule has 0 aliphatic carbocycles. The fraction of sp³-hybridized carbons (Fsp3) is 0.0400. The highest BCUT2D eigenvalue weighted by Crippen LogP contribution is 2.30. The molecule has 31 heavy (non-hydrogen) atoms. The molecule has 154 valence electrons. The number of rotatable bonds is 6. The van der Waals surface area contributed by atoms with Crippen LogP contribution in [-0.2, 0) is 0 Å². The first-order valence-electron chi connectivity index (χ1n) is 9.76. The van der Waals surface area contributed by atoms with Crippen molar-refractivity contribution in [2.45, 2.75) is 0 Å². The number of nitrogens with zero attached hydrogens (tertiary/aromatic N) is 1. The van der Waals surface area contributed by atoms with Gasteiger partial charge in [-0.1, -0.05) is 36.4 Å². The number of nitrogens with one attached hydrogen (secondary N) is 2. The van der Waals surface area contributed by atoms with Crippen LogP contribution in [0.4, 0.5) is 22.7 Å². The Balaban J connectivity index is 1.52. The Hall–Kier alpha value is -4.32. The summed E-state index contributed by atoms with van der Waals surface area (Å²) in [5.74, 6) is -0.451. The third-order valence-corrected chi connectivity index (χ3v) is 4.78. The second-order valence-corrected chi connectivity index (χ2v) is 6.88. The topological polar surface area (TPSA) is 74.6 Å². The van der Waals surface area contributed by atoms with Gasteiger partial charge in [0, 0.05) is 24.0 Å². The molecule has 0 aliphatic heterocycles. The molecule has 0 atom stereocenters. The highest BCUT2D eigenvalue weighted by atomic mass is 16.3. The predicted molar refractivity (Wildman–Crippen MR) is 122 cm³/mol. The average Bonchev–Trinajstić information content (AvgIpc) is 3.35. The Labute approximate surface area is 180 Å². The Bertz CT molecular complexity index is 1190. The van der Waals surface area contributed by atoms with Crippen LogP contribution in [-0.4, -0.2) is 18.9 Å². The van der Waals surface area contributed by atoms with Crippen LogP contribution in [0.1, 0.15) is 20.9 Å². The zero-order chi connectivity index (χ0) is 21.6. The molecule has 0 bridgehead atoms. The number of para-hydroxylation sites is 3. The molecule has 2 amide bonds. The maximum absolute atomic E-state index is 12.9. The number of benzene rings is 3. The maximum atomic E-state index is 12.9. The normalized spacial score (nSPS) is 10.4. The molecule has 0 aliphatic rings. The van der Waals surface area contributed by atoms with E-state index in [0.29, 0.717) is 16.9 Å². The summed E-state index contributed by atoms with van der Waals surface area (Å²) in [5.41, 5.74) is 3.48. The molecule has 4 rings (SSSR count). The van der Waals surface area contributed by atoms with E-state index in [9.17, 15) is 9.59 Å². The quantitative estimate of drug-likeness (QED) is 0.436. The zero-order valence-electron chi connectivity index (χ0n) is 16.9. The smallest absolute Gasteiger partial charge is 0.291 e. The van der Waals surface area contributed by atoms with E-state index in [1.165, 1.54) is 6.26 Å². The molecular weight excluding hydrogens is 390 g/mol. The monoisotopic (exact) mass is 411 g/mol. The molecule has 1 aromatic heterocycles. The summed E-state index contributed by atoms with van der Waals surface area (Å²) < 4.78 is 5.10. The number of amides is 2. The summed E-state index contributed by atoms with van der Waals surface area (Å²) >= 11 is 0. The van der Waals surface area contributed by atoms with Gasteiger partial charge in [0.05, 0.1) is 17.6 Å². The Morgan fingerprint density at radius 2 is 1.55 bits per heavy atom. The molecule has 4 aromatic rings. The van der Waals surface area contributed by atoms with E-state index in [1.807, 2.05) is 66.5 Å². The van der Waals surface area contributed by atoms with Crippen LogP contribution < -0.4 is 15.5 Å². The van der Waals surface area contributed by atoms with Crippen LogP contribution >= 0.6 is 0 Å². The first kappa shape index (κ1) is 20.0. The maximum Gasteiger partial charge on any atom is 0.291 e. The molecule has 0 fully saturated rings. The summed E-state index contributed by atoms with van der Waals surface area (Å²) in [7, 11) is 1.95. The van der Waals surface area contributed by atoms with Crippen molar-refractivity contribution in [3.05, 3.63) is 109 Å². The number of hydrogen-bond donors (Lipinski definition) is 2. The molecule has 1 heterocycles. The van der Waals surface area contributed by atoms with Crippen molar-refractivity contribution in [1.29, 1.82) is 0 Å². The molecule has 6 nitrogen and oxygen atoms in total. The molecule has 0 unspecified atom stereocenters. The number of hydrogen-bond acceptors (Lipinski definition) is 4. The van der Waals surface area contributed by atoms with Crippen molar-refractivity contribution in [3.8, 4) is 0 Å². The average molecular weight is 411 g/mol. The fourth-order valence-electron chi connectivity index (χ4n) is 3.20. The minimum absolute atomic E-state index is 0.202. The Morgan fingerprint density at radius 1 is 0.774 bits per heavy atom. The summed E-state index contributed by atoms with van der Waals surface area (Å²) in [6, 6.07) is 27.5. The lowest BCUT2D eigenvalue weighted by atomic mass is 10.1. The van der Waals surface area contributed by atoms with E-state index in [1.54, 1.807) is 36.4 Å². The highest BCUT2D eigenvalue weighted by Gasteiger charge is 2.14. The van der Waals surface area contributed by atoms with Gasteiger partial charge in [0.2, 0.25) is 0 Å². The Morgan fingerprint density at radius 3 is 2.32 bits per heavy atom. The third kappa shape index (κ3) is 4.64. The molecule has 3 aromatic carbocycles. The second kappa shape index (κ2) is 9.00. The Kier molecular flexibility index (Phi) is 5.80. The molecular formula is C25H21N3O3. The lowest BCUT2D eigenvalue weighted by molar-refractivity contribution is 0.0993. The van der Waals surface area contributed by atoms with Crippen molar-refractivity contribution in [2.75, 3.05) is 22.6 Å². The fourth-order valence-corrected chi connectivity index (χ4v) is 3.20. The molecule has 0 radical (unpaired) electrons. The SMILES string of the molecule is CN(c1ccccc1)c1ccccc1NC(=O)c1cccc(NC(=O)c2ccco2)c1. The van der Waals surface area contributed by atoms with Gasteiger partial charge < -0.3 is 20.0 Å². The van der Waals surface area contributed by atoms with Crippen LogP contribution in [0.2, 0.25) is 0 Å². The third-order valence-electron chi connectivity index (χ3n) is 4.78. The summed E-state index contributed by atoms with van der Waals surface area (Å²) in [6.45, 7) is 0. The van der Waals surface area contributed by atoms with Crippen molar-refractivity contribution in [2.24, 2.45) is 0 Å². The number of furan rings is 1. The van der Waals surface area contributed by atoms with Crippen LogP contribution in [0, 0.1) is 0 Å². The largest absolute Gasteiger partial charge is 0.459 e. The van der Waals surface area contributed by atoms with Crippen molar-refractivity contribution < 1.29 is 14.0 Å². The van der Waals surface area contributed by atoms with E-state index in [-0.39, 0.29) is 17.6 Å². The van der Waals surface area contributed by atoms with Crippen molar-refractivity contribution >= 4 is 34.6 Å². The summed E-state index contributed by atoms with van der Waals surface area (Å²) in [4.78, 5) is 27.1. The minimum Gasteiger partial charge on any atom is -0.459 e. The minimum atomic E-state index is -0.377. The standard InChI is InChI=1S/C25H21N3O3/c1-28(20-11-3-2-4-12-20)22-14-6-5-13-21(22)27-24(29)18-9-7-10-19(17-18)26-25(30)23-15-8-16-31-23/h2-17H,1H3,(H,26,30)(H,27,29). The van der Waals surface area contributed by atoms with E-state index >= 15 is 0 Å². The van der Waals surface area contributed by atoms with Gasteiger partial charge in [-0.25, -0.2) is 0 Å². The first-order chi connectivity index (χ1) is 15.1. The lowest BCUT2D eigenvalue weighted by Crippen LogP contribution is -2.17. The van der Waals surface area contributed by atoms with Gasteiger partial charge in [0.15, 0.2) is 5.76 Å². The van der Waals surface area contributed by atoms with Crippen LogP contribution in [0.15, 0.2) is 102 Å². The molecule has 0 saturated heterocycles.